The zero-order chi connectivity index (χ0) is 21.5. The Morgan fingerprint density at radius 1 is 1.18 bits per heavy atom. The molecular formula is C21H33ClN2O4. The first kappa shape index (κ1) is 24.1. The first-order chi connectivity index (χ1) is 13.1. The predicted molar refractivity (Wildman–Crippen MR) is 112 cm³/mol. The van der Waals surface area contributed by atoms with Gasteiger partial charge in [0, 0.05) is 19.5 Å². The predicted octanol–water partition coefficient (Wildman–Crippen LogP) is 3.11. The van der Waals surface area contributed by atoms with Gasteiger partial charge >= 0.3 is 0 Å². The van der Waals surface area contributed by atoms with Crippen LogP contribution in [0.4, 0.5) is 0 Å². The summed E-state index contributed by atoms with van der Waals surface area (Å²) in [7, 11) is 4.93. The highest BCUT2D eigenvalue weighted by atomic mass is 35.5. The highest BCUT2D eigenvalue weighted by Gasteiger charge is 2.33. The number of carbonyl (C=O) groups is 2. The molecule has 0 saturated heterocycles. The summed E-state index contributed by atoms with van der Waals surface area (Å²) in [6.45, 7) is 7.87. The number of amides is 2. The number of nitrogens with one attached hydrogen (secondary N) is 1. The van der Waals surface area contributed by atoms with Crippen molar-refractivity contribution in [1.29, 1.82) is 0 Å². The van der Waals surface area contributed by atoms with E-state index in [9.17, 15) is 9.59 Å². The number of methoxy groups -OCH3 is 2. The Morgan fingerprint density at radius 3 is 2.29 bits per heavy atom. The monoisotopic (exact) mass is 412 g/mol. The highest BCUT2D eigenvalue weighted by Crippen LogP contribution is 2.27. The van der Waals surface area contributed by atoms with Crippen LogP contribution >= 0.6 is 11.6 Å². The van der Waals surface area contributed by atoms with Crippen molar-refractivity contribution in [2.45, 2.75) is 40.2 Å². The quantitative estimate of drug-likeness (QED) is 0.599. The lowest BCUT2D eigenvalue weighted by Gasteiger charge is -2.30. The fraction of sp³-hybridized carbons (Fsp3) is 0.619. The summed E-state index contributed by atoms with van der Waals surface area (Å²) in [6, 6.07) is 5.11. The number of halogens is 1. The van der Waals surface area contributed by atoms with E-state index in [1.54, 1.807) is 40.0 Å². The van der Waals surface area contributed by atoms with E-state index in [-0.39, 0.29) is 23.6 Å². The summed E-state index contributed by atoms with van der Waals surface area (Å²) in [4.78, 5) is 27.0. The topological polar surface area (TPSA) is 67.9 Å². The van der Waals surface area contributed by atoms with Crippen LogP contribution in [0.3, 0.4) is 0 Å². The third-order valence-corrected chi connectivity index (χ3v) is 5.40. The SMILES string of the molecule is COc1ccc(CCN(C)C(=O)C(NC(=O)C(C)(C)CCl)C(C)C)cc1OC. The Bertz CT molecular complexity index is 676. The molecule has 7 heteroatoms. The van der Waals surface area contributed by atoms with E-state index in [4.69, 9.17) is 21.1 Å². The van der Waals surface area contributed by atoms with Gasteiger partial charge in [0.1, 0.15) is 6.04 Å². The van der Waals surface area contributed by atoms with Crippen molar-refractivity contribution < 1.29 is 19.1 Å². The maximum absolute atomic E-state index is 12.9. The standard InChI is InChI=1S/C21H33ClN2O4/c1-14(2)18(23-20(26)21(3,4)13-22)19(25)24(5)11-10-15-8-9-16(27-6)17(12-15)28-7/h8-9,12,14,18H,10-11,13H2,1-7H3,(H,23,26). The molecule has 28 heavy (non-hydrogen) atoms. The first-order valence-electron chi connectivity index (χ1n) is 9.40. The molecule has 1 aromatic rings. The maximum atomic E-state index is 12.9. The molecule has 1 atom stereocenters. The average Bonchev–Trinajstić information content (AvgIpc) is 2.68. The highest BCUT2D eigenvalue weighted by molar-refractivity contribution is 6.19. The van der Waals surface area contributed by atoms with Crippen LogP contribution in [-0.2, 0) is 16.0 Å². The van der Waals surface area contributed by atoms with E-state index < -0.39 is 11.5 Å². The van der Waals surface area contributed by atoms with Crippen LogP contribution < -0.4 is 14.8 Å². The number of alkyl halides is 1. The van der Waals surface area contributed by atoms with E-state index in [1.165, 1.54) is 0 Å². The molecule has 6 nitrogen and oxygen atoms in total. The molecule has 1 aromatic carbocycles. The lowest BCUT2D eigenvalue weighted by Crippen LogP contribution is -2.53. The van der Waals surface area contributed by atoms with Gasteiger partial charge in [0.05, 0.1) is 19.6 Å². The molecule has 0 heterocycles. The van der Waals surface area contributed by atoms with Gasteiger partial charge in [-0.05, 0) is 43.9 Å². The summed E-state index contributed by atoms with van der Waals surface area (Å²) in [5, 5.41) is 2.87. The van der Waals surface area contributed by atoms with Gasteiger partial charge in [-0.2, -0.15) is 0 Å². The second-order valence-corrected chi connectivity index (χ2v) is 8.18. The van der Waals surface area contributed by atoms with E-state index in [0.717, 1.165) is 5.56 Å². The molecule has 0 aliphatic carbocycles. The van der Waals surface area contributed by atoms with Gasteiger partial charge < -0.3 is 19.7 Å². The molecule has 0 bridgehead atoms. The molecule has 0 aromatic heterocycles. The summed E-state index contributed by atoms with van der Waals surface area (Å²) in [5.74, 6) is 1.14. The summed E-state index contributed by atoms with van der Waals surface area (Å²) >= 11 is 5.88. The van der Waals surface area contributed by atoms with E-state index in [1.807, 2.05) is 32.0 Å². The lowest BCUT2D eigenvalue weighted by atomic mass is 9.93. The molecule has 1 rings (SSSR count). The zero-order valence-corrected chi connectivity index (χ0v) is 18.7. The minimum Gasteiger partial charge on any atom is -0.493 e. The van der Waals surface area contributed by atoms with Crippen molar-refractivity contribution in [3.05, 3.63) is 23.8 Å². The molecule has 0 saturated carbocycles. The van der Waals surface area contributed by atoms with Gasteiger partial charge in [0.25, 0.3) is 0 Å². The zero-order valence-electron chi connectivity index (χ0n) is 18.0. The van der Waals surface area contributed by atoms with Crippen molar-refractivity contribution in [1.82, 2.24) is 10.2 Å². The normalized spacial score (nSPS) is 12.5. The van der Waals surface area contributed by atoms with Gasteiger partial charge in [-0.15, -0.1) is 11.6 Å². The number of likely N-dealkylation sites (N-methyl/N-ethyl adjacent to an activating group) is 1. The maximum Gasteiger partial charge on any atom is 0.245 e. The third kappa shape index (κ3) is 6.30. The molecule has 0 aliphatic heterocycles. The largest absolute Gasteiger partial charge is 0.493 e. The van der Waals surface area contributed by atoms with Crippen LogP contribution in [0.1, 0.15) is 33.3 Å². The summed E-state index contributed by atoms with van der Waals surface area (Å²) in [5.41, 5.74) is 0.304. The van der Waals surface area contributed by atoms with E-state index >= 15 is 0 Å². The number of hydrogen-bond acceptors (Lipinski definition) is 4. The van der Waals surface area contributed by atoms with Crippen LogP contribution in [0, 0.1) is 11.3 Å². The van der Waals surface area contributed by atoms with E-state index in [0.29, 0.717) is 24.5 Å². The summed E-state index contributed by atoms with van der Waals surface area (Å²) in [6.07, 6.45) is 0.661. The molecule has 158 valence electrons. The van der Waals surface area contributed by atoms with Gasteiger partial charge in [-0.25, -0.2) is 0 Å². The first-order valence-corrected chi connectivity index (χ1v) is 9.93. The number of ether oxygens (including phenoxy) is 2. The molecule has 0 aliphatic rings. The second-order valence-electron chi connectivity index (χ2n) is 7.91. The lowest BCUT2D eigenvalue weighted by molar-refractivity contribution is -0.138. The Labute approximate surface area is 173 Å². The molecule has 1 unspecified atom stereocenters. The van der Waals surface area contributed by atoms with Gasteiger partial charge in [-0.1, -0.05) is 19.9 Å². The molecule has 0 spiro atoms. The third-order valence-electron chi connectivity index (χ3n) is 4.73. The van der Waals surface area contributed by atoms with Crippen molar-refractivity contribution in [3.8, 4) is 11.5 Å². The number of carbonyl (C=O) groups excluding carboxylic acids is 2. The second kappa shape index (κ2) is 10.6. The Kier molecular flexibility index (Phi) is 9.08. The average molecular weight is 413 g/mol. The smallest absolute Gasteiger partial charge is 0.245 e. The molecular weight excluding hydrogens is 380 g/mol. The van der Waals surface area contributed by atoms with Crippen molar-refractivity contribution in [3.63, 3.8) is 0 Å². The summed E-state index contributed by atoms with van der Waals surface area (Å²) < 4.78 is 10.6. The van der Waals surface area contributed by atoms with Gasteiger partial charge in [-0.3, -0.25) is 9.59 Å². The van der Waals surface area contributed by atoms with Crippen LogP contribution in [0.15, 0.2) is 18.2 Å². The van der Waals surface area contributed by atoms with Crippen molar-refractivity contribution in [2.75, 3.05) is 33.7 Å². The molecule has 1 N–H and O–H groups in total. The van der Waals surface area contributed by atoms with Crippen molar-refractivity contribution >= 4 is 23.4 Å². The molecule has 0 fully saturated rings. The molecule has 0 radical (unpaired) electrons. The van der Waals surface area contributed by atoms with E-state index in [2.05, 4.69) is 5.32 Å². The minimum atomic E-state index is -0.729. The fourth-order valence-electron chi connectivity index (χ4n) is 2.59. The van der Waals surface area contributed by atoms with Crippen LogP contribution in [0.2, 0.25) is 0 Å². The number of benzene rings is 1. The fourth-order valence-corrected chi connectivity index (χ4v) is 2.71. The minimum absolute atomic E-state index is 0.0360. The number of rotatable bonds is 10. The Balaban J connectivity index is 2.79. The van der Waals surface area contributed by atoms with Crippen molar-refractivity contribution in [2.24, 2.45) is 11.3 Å². The van der Waals surface area contributed by atoms with Crippen LogP contribution in [0.25, 0.3) is 0 Å². The number of nitrogens with zero attached hydrogens (tertiary/aromatic N) is 1. The Morgan fingerprint density at radius 2 is 1.79 bits per heavy atom. The van der Waals surface area contributed by atoms with Crippen LogP contribution in [0.5, 0.6) is 11.5 Å². The van der Waals surface area contributed by atoms with Crippen LogP contribution in [-0.4, -0.2) is 56.4 Å². The van der Waals surface area contributed by atoms with Gasteiger partial charge in [0.15, 0.2) is 11.5 Å². The Hall–Kier alpha value is -1.95. The number of hydrogen-bond donors (Lipinski definition) is 1. The van der Waals surface area contributed by atoms with Gasteiger partial charge in [0.2, 0.25) is 11.8 Å². The molecule has 2 amide bonds.